The fourth-order valence-electron chi connectivity index (χ4n) is 3.34. The number of benzene rings is 2. The van der Waals surface area contributed by atoms with E-state index in [-0.39, 0.29) is 5.75 Å². The molecule has 2 aromatic carbocycles. The summed E-state index contributed by atoms with van der Waals surface area (Å²) in [5.74, 6) is 0.0947. The molecule has 128 valence electrons. The summed E-state index contributed by atoms with van der Waals surface area (Å²) in [6.07, 6.45) is 0. The standard InChI is InChI=1S/C19H24N2O2S/c1-17(19-10-6-3-7-11-19)20-12-14-21(15-13-20)24(22,23)16-18-8-4-2-5-9-18/h2-11,17H,12-16H2,1H3/p+1/t17-/m1/s1. The van der Waals surface area contributed by atoms with Gasteiger partial charge in [-0.1, -0.05) is 60.7 Å². The molecule has 0 aromatic heterocycles. The van der Waals surface area contributed by atoms with Crippen molar-refractivity contribution in [3.8, 4) is 0 Å². The summed E-state index contributed by atoms with van der Waals surface area (Å²) in [5.41, 5.74) is 2.16. The van der Waals surface area contributed by atoms with Crippen LogP contribution >= 0.6 is 0 Å². The first kappa shape index (κ1) is 17.1. The Morgan fingerprint density at radius 2 is 1.50 bits per heavy atom. The van der Waals surface area contributed by atoms with Crippen LogP contribution in [-0.2, 0) is 15.8 Å². The highest BCUT2D eigenvalue weighted by molar-refractivity contribution is 7.88. The highest BCUT2D eigenvalue weighted by Gasteiger charge is 2.31. The molecule has 0 aliphatic carbocycles. The van der Waals surface area contributed by atoms with Gasteiger partial charge in [0.1, 0.15) is 6.04 Å². The Balaban J connectivity index is 1.60. The highest BCUT2D eigenvalue weighted by Crippen LogP contribution is 2.12. The first-order valence-electron chi connectivity index (χ1n) is 8.47. The number of piperazine rings is 1. The molecular weight excluding hydrogens is 320 g/mol. The molecule has 24 heavy (non-hydrogen) atoms. The lowest BCUT2D eigenvalue weighted by atomic mass is 10.1. The van der Waals surface area contributed by atoms with Gasteiger partial charge in [-0.05, 0) is 12.5 Å². The van der Waals surface area contributed by atoms with E-state index in [1.165, 1.54) is 10.5 Å². The molecule has 0 unspecified atom stereocenters. The van der Waals surface area contributed by atoms with Gasteiger partial charge in [-0.2, -0.15) is 4.31 Å². The van der Waals surface area contributed by atoms with Crippen molar-refractivity contribution in [1.82, 2.24) is 4.31 Å². The van der Waals surface area contributed by atoms with Gasteiger partial charge in [-0.15, -0.1) is 0 Å². The number of hydrogen-bond donors (Lipinski definition) is 1. The molecular formula is C19H25N2O2S+. The maximum Gasteiger partial charge on any atom is 0.218 e. The second-order valence-corrected chi connectivity index (χ2v) is 8.40. The molecule has 1 aliphatic heterocycles. The van der Waals surface area contributed by atoms with Crippen LogP contribution in [0.4, 0.5) is 0 Å². The average molecular weight is 345 g/mol. The molecule has 3 rings (SSSR count). The summed E-state index contributed by atoms with van der Waals surface area (Å²) in [5, 5.41) is 0. The number of rotatable bonds is 5. The molecule has 0 saturated carbocycles. The molecule has 0 bridgehead atoms. The SMILES string of the molecule is C[C@H](c1ccccc1)[NH+]1CCN(S(=O)(=O)Cc2ccccc2)CC1. The van der Waals surface area contributed by atoms with Crippen LogP contribution in [0, 0.1) is 0 Å². The fraction of sp³-hybridized carbons (Fsp3) is 0.368. The van der Waals surface area contributed by atoms with Crippen LogP contribution in [0.25, 0.3) is 0 Å². The zero-order valence-corrected chi connectivity index (χ0v) is 14.9. The largest absolute Gasteiger partial charge is 0.327 e. The third kappa shape index (κ3) is 4.04. The Morgan fingerprint density at radius 3 is 2.08 bits per heavy atom. The Hall–Kier alpha value is -1.69. The summed E-state index contributed by atoms with van der Waals surface area (Å²) >= 11 is 0. The summed E-state index contributed by atoms with van der Waals surface area (Å²) in [6.45, 7) is 5.12. The van der Waals surface area contributed by atoms with Gasteiger partial charge in [0.2, 0.25) is 10.0 Å². The summed E-state index contributed by atoms with van der Waals surface area (Å²) in [4.78, 5) is 1.45. The average Bonchev–Trinajstić information content (AvgIpc) is 2.62. The highest BCUT2D eigenvalue weighted by atomic mass is 32.2. The van der Waals surface area contributed by atoms with Crippen molar-refractivity contribution in [1.29, 1.82) is 0 Å². The minimum Gasteiger partial charge on any atom is -0.327 e. The van der Waals surface area contributed by atoms with Crippen LogP contribution in [0.2, 0.25) is 0 Å². The number of nitrogens with one attached hydrogen (secondary N) is 1. The van der Waals surface area contributed by atoms with Gasteiger partial charge in [0.15, 0.2) is 0 Å². The summed E-state index contributed by atoms with van der Waals surface area (Å²) in [7, 11) is -3.23. The monoisotopic (exact) mass is 345 g/mol. The molecule has 5 heteroatoms. The van der Waals surface area contributed by atoms with Crippen molar-refractivity contribution in [2.75, 3.05) is 26.2 Å². The van der Waals surface area contributed by atoms with Gasteiger partial charge in [-0.3, -0.25) is 0 Å². The molecule has 0 amide bonds. The van der Waals surface area contributed by atoms with Crippen LogP contribution in [-0.4, -0.2) is 38.9 Å². The maximum absolute atomic E-state index is 12.6. The van der Waals surface area contributed by atoms with Crippen LogP contribution < -0.4 is 4.90 Å². The van der Waals surface area contributed by atoms with E-state index in [9.17, 15) is 8.42 Å². The van der Waals surface area contributed by atoms with Crippen molar-refractivity contribution >= 4 is 10.0 Å². The number of quaternary nitrogens is 1. The first-order valence-corrected chi connectivity index (χ1v) is 10.1. The second-order valence-electron chi connectivity index (χ2n) is 6.43. The van der Waals surface area contributed by atoms with E-state index in [0.29, 0.717) is 19.1 Å². The lowest BCUT2D eigenvalue weighted by Gasteiger charge is -2.35. The third-order valence-corrected chi connectivity index (χ3v) is 6.71. The Kier molecular flexibility index (Phi) is 5.33. The molecule has 1 aliphatic rings. The van der Waals surface area contributed by atoms with Gasteiger partial charge in [0.25, 0.3) is 0 Å². The van der Waals surface area contributed by atoms with Gasteiger partial charge in [0, 0.05) is 5.56 Å². The summed E-state index contributed by atoms with van der Waals surface area (Å²) in [6, 6.07) is 20.3. The van der Waals surface area contributed by atoms with E-state index in [1.807, 2.05) is 36.4 Å². The van der Waals surface area contributed by atoms with Gasteiger partial charge in [0.05, 0.1) is 31.9 Å². The summed E-state index contributed by atoms with van der Waals surface area (Å²) < 4.78 is 26.9. The molecule has 0 radical (unpaired) electrons. The number of sulfonamides is 1. The normalized spacial score (nSPS) is 18.4. The molecule has 1 atom stereocenters. The van der Waals surface area contributed by atoms with Crippen LogP contribution in [0.1, 0.15) is 24.1 Å². The molecule has 2 aromatic rings. The molecule has 1 fully saturated rings. The Bertz CT molecular complexity index is 739. The van der Waals surface area contributed by atoms with Gasteiger partial charge in [-0.25, -0.2) is 8.42 Å². The third-order valence-electron chi connectivity index (χ3n) is 4.86. The fourth-order valence-corrected chi connectivity index (χ4v) is 4.87. The lowest BCUT2D eigenvalue weighted by molar-refractivity contribution is -0.933. The second kappa shape index (κ2) is 7.47. The minimum atomic E-state index is -3.23. The van der Waals surface area contributed by atoms with Crippen LogP contribution in [0.15, 0.2) is 60.7 Å². The number of hydrogen-bond acceptors (Lipinski definition) is 2. The van der Waals surface area contributed by atoms with Crippen molar-refractivity contribution in [3.63, 3.8) is 0 Å². The van der Waals surface area contributed by atoms with Crippen LogP contribution in [0.3, 0.4) is 0 Å². The molecule has 1 N–H and O–H groups in total. The Labute approximate surface area is 144 Å². The topological polar surface area (TPSA) is 41.8 Å². The minimum absolute atomic E-state index is 0.0947. The molecule has 4 nitrogen and oxygen atoms in total. The predicted octanol–water partition coefficient (Wildman–Crippen LogP) is 1.48. The van der Waals surface area contributed by atoms with E-state index < -0.39 is 10.0 Å². The molecule has 1 saturated heterocycles. The van der Waals surface area contributed by atoms with E-state index in [0.717, 1.165) is 18.7 Å². The van der Waals surface area contributed by atoms with Crippen molar-refractivity contribution < 1.29 is 13.3 Å². The lowest BCUT2D eigenvalue weighted by Crippen LogP contribution is -3.14. The van der Waals surface area contributed by atoms with Crippen LogP contribution in [0.5, 0.6) is 0 Å². The van der Waals surface area contributed by atoms with E-state index in [1.54, 1.807) is 4.31 Å². The van der Waals surface area contributed by atoms with Crippen molar-refractivity contribution in [3.05, 3.63) is 71.8 Å². The molecule has 0 spiro atoms. The smallest absolute Gasteiger partial charge is 0.218 e. The van der Waals surface area contributed by atoms with Gasteiger partial charge >= 0.3 is 0 Å². The zero-order chi connectivity index (χ0) is 17.0. The quantitative estimate of drug-likeness (QED) is 0.892. The first-order chi connectivity index (χ1) is 11.6. The molecule has 1 heterocycles. The zero-order valence-electron chi connectivity index (χ0n) is 14.1. The van der Waals surface area contributed by atoms with Crippen molar-refractivity contribution in [2.45, 2.75) is 18.7 Å². The predicted molar refractivity (Wildman–Crippen MR) is 96.2 cm³/mol. The van der Waals surface area contributed by atoms with Gasteiger partial charge < -0.3 is 4.90 Å². The van der Waals surface area contributed by atoms with E-state index in [2.05, 4.69) is 31.2 Å². The Morgan fingerprint density at radius 1 is 0.958 bits per heavy atom. The van der Waals surface area contributed by atoms with Crippen molar-refractivity contribution in [2.24, 2.45) is 0 Å². The van der Waals surface area contributed by atoms with E-state index in [4.69, 9.17) is 0 Å². The maximum atomic E-state index is 12.6. The number of nitrogens with zero attached hydrogens (tertiary/aromatic N) is 1. The van der Waals surface area contributed by atoms with E-state index >= 15 is 0 Å².